The van der Waals surface area contributed by atoms with Gasteiger partial charge in [-0.2, -0.15) is 0 Å². The van der Waals surface area contributed by atoms with Gasteiger partial charge in [-0.15, -0.1) is 0 Å². The fourth-order valence-corrected chi connectivity index (χ4v) is 3.82. The molecule has 0 aromatic heterocycles. The Balaban J connectivity index is 1.83. The summed E-state index contributed by atoms with van der Waals surface area (Å²) in [4.78, 5) is 24.2. The normalized spacial score (nSPS) is 20.3. The van der Waals surface area contributed by atoms with Crippen molar-refractivity contribution >= 4 is 37.8 Å². The number of sulfonamides is 1. The Morgan fingerprint density at radius 2 is 1.77 bits per heavy atom. The third kappa shape index (κ3) is 4.12. The molecule has 136 valence electrons. The van der Waals surface area contributed by atoms with Crippen molar-refractivity contribution in [2.24, 2.45) is 0 Å². The lowest BCUT2D eigenvalue weighted by Gasteiger charge is -2.31. The van der Waals surface area contributed by atoms with Gasteiger partial charge in [0.25, 0.3) is 15.9 Å². The molecule has 1 fully saturated rings. The van der Waals surface area contributed by atoms with Gasteiger partial charge in [0.2, 0.25) is 5.91 Å². The van der Waals surface area contributed by atoms with Crippen molar-refractivity contribution < 1.29 is 22.7 Å². The van der Waals surface area contributed by atoms with Crippen LogP contribution < -0.4 is 10.0 Å². The molecule has 1 heterocycles. The number of carbonyl (C=O) groups excluding carboxylic acids is 2. The summed E-state index contributed by atoms with van der Waals surface area (Å²) in [6.45, 7) is -0.320. The van der Waals surface area contributed by atoms with Crippen molar-refractivity contribution in [3.63, 3.8) is 0 Å². The van der Waals surface area contributed by atoms with E-state index in [0.29, 0.717) is 10.0 Å². The molecule has 2 N–H and O–H groups in total. The lowest BCUT2D eigenvalue weighted by molar-refractivity contribution is -0.146. The fraction of sp³-hybridized carbons (Fsp3) is 0.176. The quantitative estimate of drug-likeness (QED) is 0.752. The maximum Gasteiger partial charge on any atom is 0.265 e. The molecule has 1 aliphatic rings. The molecule has 0 radical (unpaired) electrons. The van der Waals surface area contributed by atoms with Crippen LogP contribution in [0.5, 0.6) is 0 Å². The number of halogens is 1. The van der Waals surface area contributed by atoms with E-state index < -0.39 is 28.1 Å². The number of rotatable bonds is 4. The molecule has 9 heteroatoms. The molecule has 2 amide bonds. The van der Waals surface area contributed by atoms with Gasteiger partial charge in [-0.1, -0.05) is 46.3 Å². The SMILES string of the molecule is O=C1CO[C@@H](C(=O)NS(=O)(=O)c2ccc(Br)cc2)[C@@H](c2ccccc2)N1. The van der Waals surface area contributed by atoms with Gasteiger partial charge < -0.3 is 10.1 Å². The number of hydrogen-bond acceptors (Lipinski definition) is 5. The summed E-state index contributed by atoms with van der Waals surface area (Å²) in [5.74, 6) is -1.22. The first-order valence-corrected chi connectivity index (χ1v) is 9.92. The fourth-order valence-electron chi connectivity index (χ4n) is 2.56. The molecule has 1 aliphatic heterocycles. The molecule has 3 rings (SSSR count). The zero-order chi connectivity index (χ0) is 18.7. The molecule has 1 saturated heterocycles. The Morgan fingerprint density at radius 3 is 2.42 bits per heavy atom. The largest absolute Gasteiger partial charge is 0.356 e. The van der Waals surface area contributed by atoms with E-state index in [2.05, 4.69) is 21.2 Å². The summed E-state index contributed by atoms with van der Waals surface area (Å²) in [5.41, 5.74) is 0.640. The highest BCUT2D eigenvalue weighted by Crippen LogP contribution is 2.23. The van der Waals surface area contributed by atoms with Gasteiger partial charge in [0, 0.05) is 4.47 Å². The number of ether oxygens (including phenoxy) is 1. The third-order valence-electron chi connectivity index (χ3n) is 3.79. The van der Waals surface area contributed by atoms with Crippen molar-refractivity contribution in [3.05, 3.63) is 64.6 Å². The Bertz CT molecular complexity index is 916. The molecule has 0 unspecified atom stereocenters. The maximum absolute atomic E-state index is 12.6. The molecule has 7 nitrogen and oxygen atoms in total. The highest BCUT2D eigenvalue weighted by atomic mass is 79.9. The van der Waals surface area contributed by atoms with Crippen molar-refractivity contribution in [2.75, 3.05) is 6.61 Å². The number of benzene rings is 2. The average molecular weight is 439 g/mol. The first-order valence-electron chi connectivity index (χ1n) is 7.65. The second kappa shape index (κ2) is 7.56. The third-order valence-corrected chi connectivity index (χ3v) is 5.68. The van der Waals surface area contributed by atoms with E-state index in [0.717, 1.165) is 0 Å². The van der Waals surface area contributed by atoms with E-state index in [-0.39, 0.29) is 17.4 Å². The van der Waals surface area contributed by atoms with Gasteiger partial charge in [-0.3, -0.25) is 9.59 Å². The lowest BCUT2D eigenvalue weighted by Crippen LogP contribution is -2.53. The molecule has 2 atom stereocenters. The summed E-state index contributed by atoms with van der Waals surface area (Å²) in [6, 6.07) is 13.8. The van der Waals surface area contributed by atoms with Gasteiger partial charge >= 0.3 is 0 Å². The summed E-state index contributed by atoms with van der Waals surface area (Å²) in [7, 11) is -4.06. The van der Waals surface area contributed by atoms with Crippen LogP contribution in [0, 0.1) is 0 Å². The zero-order valence-electron chi connectivity index (χ0n) is 13.4. The first-order chi connectivity index (χ1) is 12.4. The van der Waals surface area contributed by atoms with Crippen molar-refractivity contribution in [1.82, 2.24) is 10.0 Å². The van der Waals surface area contributed by atoms with Crippen molar-refractivity contribution in [3.8, 4) is 0 Å². The summed E-state index contributed by atoms with van der Waals surface area (Å²) in [6.07, 6.45) is -1.17. The predicted octanol–water partition coefficient (Wildman–Crippen LogP) is 1.51. The molecule has 0 bridgehead atoms. The lowest BCUT2D eigenvalue weighted by atomic mass is 9.99. The molecule has 0 saturated carbocycles. The summed E-state index contributed by atoms with van der Waals surface area (Å²) >= 11 is 3.22. The number of amides is 2. The molecule has 0 aliphatic carbocycles. The van der Waals surface area contributed by atoms with Crippen LogP contribution in [0.1, 0.15) is 11.6 Å². The first kappa shape index (κ1) is 18.6. The highest BCUT2D eigenvalue weighted by molar-refractivity contribution is 9.10. The second-order valence-corrected chi connectivity index (χ2v) is 8.21. The van der Waals surface area contributed by atoms with Gasteiger partial charge in [-0.05, 0) is 29.8 Å². The molecule has 2 aromatic carbocycles. The van der Waals surface area contributed by atoms with E-state index in [1.165, 1.54) is 12.1 Å². The minimum atomic E-state index is -4.06. The van der Waals surface area contributed by atoms with Crippen LogP contribution in [0.25, 0.3) is 0 Å². The molecular formula is C17H15BrN2O5S. The van der Waals surface area contributed by atoms with Crippen LogP contribution in [-0.2, 0) is 24.3 Å². The Labute approximate surface area is 158 Å². The molecular weight excluding hydrogens is 424 g/mol. The molecule has 2 aromatic rings. The Kier molecular flexibility index (Phi) is 5.40. The monoisotopic (exact) mass is 438 g/mol. The number of carbonyl (C=O) groups is 2. The van der Waals surface area contributed by atoms with Gasteiger partial charge in [-0.25, -0.2) is 13.1 Å². The zero-order valence-corrected chi connectivity index (χ0v) is 15.8. The predicted molar refractivity (Wildman–Crippen MR) is 96.5 cm³/mol. The van der Waals surface area contributed by atoms with E-state index in [4.69, 9.17) is 4.74 Å². The smallest absolute Gasteiger partial charge is 0.265 e. The van der Waals surface area contributed by atoms with Crippen LogP contribution >= 0.6 is 15.9 Å². The minimum Gasteiger partial charge on any atom is -0.356 e. The second-order valence-electron chi connectivity index (χ2n) is 5.61. The van der Waals surface area contributed by atoms with Crippen LogP contribution in [0.4, 0.5) is 0 Å². The Hall–Kier alpha value is -2.23. The summed E-state index contributed by atoms with van der Waals surface area (Å²) in [5, 5.41) is 2.67. The van der Waals surface area contributed by atoms with E-state index in [1.54, 1.807) is 42.5 Å². The maximum atomic E-state index is 12.6. The standard InChI is InChI=1S/C17H15BrN2O5S/c18-12-6-8-13(9-7-12)26(23,24)20-17(22)16-15(19-14(21)10-25-16)11-4-2-1-3-5-11/h1-9,15-16H,10H2,(H,19,21)(H,20,22)/t15-,16-/m1/s1. The summed E-state index contributed by atoms with van der Waals surface area (Å²) < 4.78 is 32.9. The number of nitrogens with one attached hydrogen (secondary N) is 2. The topological polar surface area (TPSA) is 102 Å². The van der Waals surface area contributed by atoms with Crippen molar-refractivity contribution in [2.45, 2.75) is 17.0 Å². The molecule has 0 spiro atoms. The van der Waals surface area contributed by atoms with E-state index in [9.17, 15) is 18.0 Å². The van der Waals surface area contributed by atoms with Gasteiger partial charge in [0.15, 0.2) is 6.10 Å². The number of morpholine rings is 1. The van der Waals surface area contributed by atoms with Gasteiger partial charge in [0.1, 0.15) is 6.61 Å². The minimum absolute atomic E-state index is 0.0508. The Morgan fingerprint density at radius 1 is 1.12 bits per heavy atom. The van der Waals surface area contributed by atoms with Crippen molar-refractivity contribution in [1.29, 1.82) is 0 Å². The van der Waals surface area contributed by atoms with Crippen LogP contribution in [-0.4, -0.2) is 32.9 Å². The average Bonchev–Trinajstić information content (AvgIpc) is 2.62. The number of hydrogen-bond donors (Lipinski definition) is 2. The van der Waals surface area contributed by atoms with Crippen LogP contribution in [0.15, 0.2) is 64.0 Å². The van der Waals surface area contributed by atoms with E-state index >= 15 is 0 Å². The van der Waals surface area contributed by atoms with Crippen LogP contribution in [0.3, 0.4) is 0 Å². The van der Waals surface area contributed by atoms with Crippen LogP contribution in [0.2, 0.25) is 0 Å². The van der Waals surface area contributed by atoms with E-state index in [1.807, 2.05) is 4.72 Å². The highest BCUT2D eigenvalue weighted by Gasteiger charge is 2.37. The van der Waals surface area contributed by atoms with Gasteiger partial charge in [0.05, 0.1) is 10.9 Å². The molecule has 26 heavy (non-hydrogen) atoms.